The molecule has 1 aromatic rings. The summed E-state index contributed by atoms with van der Waals surface area (Å²) in [6, 6.07) is 5.63. The minimum atomic E-state index is -3.19. The van der Waals surface area contributed by atoms with Gasteiger partial charge in [-0.15, -0.1) is 0 Å². The number of benzene rings is 1. The minimum Gasteiger partial charge on any atom is -0.395 e. The topological polar surface area (TPSA) is 57.6 Å². The zero-order valence-electron chi connectivity index (χ0n) is 12.5. The number of nitrogens with zero attached hydrogens (tertiary/aromatic N) is 1. The summed E-state index contributed by atoms with van der Waals surface area (Å²) < 4.78 is 25.9. The average molecular weight is 307 g/mol. The van der Waals surface area contributed by atoms with Crippen LogP contribution >= 0.6 is 0 Å². The van der Waals surface area contributed by atoms with E-state index in [9.17, 15) is 8.42 Å². The Morgan fingerprint density at radius 3 is 2.76 bits per heavy atom. The van der Waals surface area contributed by atoms with Crippen LogP contribution in [0.5, 0.6) is 0 Å². The van der Waals surface area contributed by atoms with Crippen molar-refractivity contribution in [2.24, 2.45) is 5.92 Å². The van der Waals surface area contributed by atoms with Gasteiger partial charge in [-0.05, 0) is 36.1 Å². The van der Waals surface area contributed by atoms with Gasteiger partial charge in [0.05, 0.1) is 18.0 Å². The van der Waals surface area contributed by atoms with Gasteiger partial charge in [-0.2, -0.15) is 0 Å². The van der Waals surface area contributed by atoms with E-state index >= 15 is 0 Å². The third kappa shape index (κ3) is 3.58. The van der Waals surface area contributed by atoms with Gasteiger partial charge in [0, 0.05) is 18.5 Å². The van der Waals surface area contributed by atoms with Crippen molar-refractivity contribution in [3.8, 4) is 11.8 Å². The zero-order chi connectivity index (χ0) is 15.5. The molecular weight excluding hydrogens is 286 g/mol. The van der Waals surface area contributed by atoms with Gasteiger partial charge in [0.2, 0.25) is 10.0 Å². The number of aryl methyl sites for hydroxylation is 1. The Morgan fingerprint density at radius 1 is 1.43 bits per heavy atom. The number of anilines is 1. The zero-order valence-corrected chi connectivity index (χ0v) is 13.3. The first kappa shape index (κ1) is 15.9. The van der Waals surface area contributed by atoms with Crippen molar-refractivity contribution >= 4 is 15.7 Å². The normalized spacial score (nSPS) is 20.1. The van der Waals surface area contributed by atoms with Crippen molar-refractivity contribution in [2.45, 2.75) is 26.7 Å². The van der Waals surface area contributed by atoms with Crippen LogP contribution in [0.1, 0.15) is 31.4 Å². The highest BCUT2D eigenvalue weighted by molar-refractivity contribution is 7.93. The maximum Gasteiger partial charge on any atom is 0.235 e. The molecule has 0 spiro atoms. The van der Waals surface area contributed by atoms with E-state index < -0.39 is 10.0 Å². The standard InChI is InChI=1S/C16H21NO3S/c1-3-15-10-14(6-4-5-9-18)7-8-16(15)17-11-13(2)12-21(17,19)20/h7-8,10,13,18H,3,5,9,11-12H2,1-2H3. The van der Waals surface area contributed by atoms with E-state index in [0.717, 1.165) is 23.2 Å². The fraction of sp³-hybridized carbons (Fsp3) is 0.500. The van der Waals surface area contributed by atoms with Gasteiger partial charge in [0.25, 0.3) is 0 Å². The van der Waals surface area contributed by atoms with E-state index in [-0.39, 0.29) is 18.3 Å². The number of hydrogen-bond acceptors (Lipinski definition) is 3. The number of hydrogen-bond donors (Lipinski definition) is 1. The number of sulfonamides is 1. The summed E-state index contributed by atoms with van der Waals surface area (Å²) in [6.07, 6.45) is 1.20. The smallest absolute Gasteiger partial charge is 0.235 e. The highest BCUT2D eigenvalue weighted by Crippen LogP contribution is 2.30. The first-order chi connectivity index (χ1) is 9.97. The third-order valence-corrected chi connectivity index (χ3v) is 5.51. The van der Waals surface area contributed by atoms with Crippen LogP contribution in [0.25, 0.3) is 0 Å². The fourth-order valence-corrected chi connectivity index (χ4v) is 4.52. The molecule has 0 bridgehead atoms. The van der Waals surface area contributed by atoms with Gasteiger partial charge < -0.3 is 5.11 Å². The van der Waals surface area contributed by atoms with Crippen LogP contribution < -0.4 is 4.31 Å². The van der Waals surface area contributed by atoms with Crippen LogP contribution in [0.3, 0.4) is 0 Å². The number of aliphatic hydroxyl groups excluding tert-OH is 1. The molecule has 114 valence electrons. The first-order valence-electron chi connectivity index (χ1n) is 7.21. The van der Waals surface area contributed by atoms with Crippen LogP contribution in [-0.4, -0.2) is 32.4 Å². The van der Waals surface area contributed by atoms with Crippen molar-refractivity contribution < 1.29 is 13.5 Å². The molecule has 0 aliphatic carbocycles. The van der Waals surface area contributed by atoms with E-state index in [1.54, 1.807) is 0 Å². The Balaban J connectivity index is 2.36. The molecule has 1 aromatic carbocycles. The van der Waals surface area contributed by atoms with Gasteiger partial charge in [-0.3, -0.25) is 4.31 Å². The lowest BCUT2D eigenvalue weighted by molar-refractivity contribution is 0.305. The van der Waals surface area contributed by atoms with E-state index in [0.29, 0.717) is 13.0 Å². The molecule has 1 N–H and O–H groups in total. The van der Waals surface area contributed by atoms with E-state index in [1.165, 1.54) is 4.31 Å². The van der Waals surface area contributed by atoms with Gasteiger partial charge in [0.1, 0.15) is 0 Å². The summed E-state index contributed by atoms with van der Waals surface area (Å²) in [4.78, 5) is 0. The maximum atomic E-state index is 12.2. The van der Waals surface area contributed by atoms with E-state index in [2.05, 4.69) is 11.8 Å². The summed E-state index contributed by atoms with van der Waals surface area (Å²) in [5.74, 6) is 6.25. The van der Waals surface area contributed by atoms with Gasteiger partial charge in [-0.1, -0.05) is 25.7 Å². The molecule has 0 radical (unpaired) electrons. The number of rotatable bonds is 3. The first-order valence-corrected chi connectivity index (χ1v) is 8.82. The molecule has 2 rings (SSSR count). The Kier molecular flexibility index (Phi) is 4.92. The Hall–Kier alpha value is -1.51. The van der Waals surface area contributed by atoms with Crippen molar-refractivity contribution in [2.75, 3.05) is 23.2 Å². The molecule has 0 saturated carbocycles. The molecule has 21 heavy (non-hydrogen) atoms. The van der Waals surface area contributed by atoms with Crippen LogP contribution in [-0.2, 0) is 16.4 Å². The van der Waals surface area contributed by atoms with E-state index in [1.807, 2.05) is 32.0 Å². The molecule has 4 nitrogen and oxygen atoms in total. The molecule has 1 fully saturated rings. The molecule has 0 aromatic heterocycles. The molecule has 1 saturated heterocycles. The summed E-state index contributed by atoms with van der Waals surface area (Å²) in [7, 11) is -3.19. The SMILES string of the molecule is CCc1cc(C#CCCO)ccc1N1CC(C)CS1(=O)=O. The Bertz CT molecular complexity index is 670. The summed E-state index contributed by atoms with van der Waals surface area (Å²) in [6.45, 7) is 4.56. The highest BCUT2D eigenvalue weighted by Gasteiger charge is 2.34. The Labute approximate surface area is 126 Å². The molecule has 1 atom stereocenters. The monoisotopic (exact) mass is 307 g/mol. The molecule has 5 heteroatoms. The molecule has 1 aliphatic heterocycles. The second-order valence-electron chi connectivity index (χ2n) is 5.39. The molecule has 0 amide bonds. The van der Waals surface area contributed by atoms with Crippen LogP contribution in [0.2, 0.25) is 0 Å². The van der Waals surface area contributed by atoms with Crippen molar-refractivity contribution in [1.82, 2.24) is 0 Å². The molecule has 1 aliphatic rings. The fourth-order valence-electron chi connectivity index (χ4n) is 2.56. The molecule has 1 heterocycles. The summed E-state index contributed by atoms with van der Waals surface area (Å²) >= 11 is 0. The predicted octanol–water partition coefficient (Wildman–Crippen LogP) is 1.77. The molecule has 1 unspecified atom stereocenters. The number of aliphatic hydroxyl groups is 1. The van der Waals surface area contributed by atoms with Gasteiger partial charge in [-0.25, -0.2) is 8.42 Å². The highest BCUT2D eigenvalue weighted by atomic mass is 32.2. The van der Waals surface area contributed by atoms with Crippen molar-refractivity contribution in [3.05, 3.63) is 29.3 Å². The maximum absolute atomic E-state index is 12.2. The second kappa shape index (κ2) is 6.50. The predicted molar refractivity (Wildman–Crippen MR) is 84.7 cm³/mol. The quantitative estimate of drug-likeness (QED) is 0.866. The largest absolute Gasteiger partial charge is 0.395 e. The van der Waals surface area contributed by atoms with Gasteiger partial charge >= 0.3 is 0 Å². The van der Waals surface area contributed by atoms with Gasteiger partial charge in [0.15, 0.2) is 0 Å². The van der Waals surface area contributed by atoms with E-state index in [4.69, 9.17) is 5.11 Å². The Morgan fingerprint density at radius 2 is 2.19 bits per heavy atom. The molecular formula is C16H21NO3S. The summed E-state index contributed by atoms with van der Waals surface area (Å²) in [5.41, 5.74) is 2.62. The third-order valence-electron chi connectivity index (χ3n) is 3.51. The summed E-state index contributed by atoms with van der Waals surface area (Å²) in [5, 5.41) is 8.74. The van der Waals surface area contributed by atoms with Crippen LogP contribution in [0.4, 0.5) is 5.69 Å². The lowest BCUT2D eigenvalue weighted by atomic mass is 10.1. The van der Waals surface area contributed by atoms with Crippen LogP contribution in [0.15, 0.2) is 18.2 Å². The minimum absolute atomic E-state index is 0.0512. The van der Waals surface area contributed by atoms with Crippen LogP contribution in [0, 0.1) is 17.8 Å². The average Bonchev–Trinajstić information content (AvgIpc) is 2.71. The lowest BCUT2D eigenvalue weighted by Crippen LogP contribution is -2.26. The lowest BCUT2D eigenvalue weighted by Gasteiger charge is -2.20. The van der Waals surface area contributed by atoms with Crippen molar-refractivity contribution in [3.63, 3.8) is 0 Å². The second-order valence-corrected chi connectivity index (χ2v) is 7.33. The van der Waals surface area contributed by atoms with Crippen molar-refractivity contribution in [1.29, 1.82) is 0 Å².